The normalized spacial score (nSPS) is 20.1. The molecular formula is C20H20. The highest BCUT2D eigenvalue weighted by Crippen LogP contribution is 2.53. The lowest BCUT2D eigenvalue weighted by Crippen LogP contribution is -2.26. The van der Waals surface area contributed by atoms with Gasteiger partial charge in [0.25, 0.3) is 0 Å². The fourth-order valence-electron chi connectivity index (χ4n) is 4.03. The molecule has 0 atom stereocenters. The van der Waals surface area contributed by atoms with Crippen molar-refractivity contribution in [3.63, 3.8) is 0 Å². The van der Waals surface area contributed by atoms with Crippen LogP contribution in [-0.4, -0.2) is 0 Å². The molecule has 0 N–H and O–H groups in total. The van der Waals surface area contributed by atoms with Crippen LogP contribution in [0.4, 0.5) is 0 Å². The second-order valence-electron chi connectivity index (χ2n) is 7.18. The van der Waals surface area contributed by atoms with E-state index in [1.54, 1.807) is 0 Å². The minimum atomic E-state index is 0.0830. The van der Waals surface area contributed by atoms with Crippen molar-refractivity contribution in [2.75, 3.05) is 0 Å². The second kappa shape index (κ2) is 3.44. The van der Waals surface area contributed by atoms with E-state index in [4.69, 9.17) is 0 Å². The van der Waals surface area contributed by atoms with Crippen molar-refractivity contribution in [1.29, 1.82) is 0 Å². The zero-order chi connectivity index (χ0) is 14.1. The van der Waals surface area contributed by atoms with E-state index in [2.05, 4.69) is 76.2 Å². The smallest absolute Gasteiger partial charge is 0.0158 e. The van der Waals surface area contributed by atoms with Crippen LogP contribution >= 0.6 is 0 Å². The van der Waals surface area contributed by atoms with E-state index in [1.165, 1.54) is 33.4 Å². The Balaban J connectivity index is 2.18. The molecule has 0 fully saturated rings. The summed E-state index contributed by atoms with van der Waals surface area (Å²) in [6.45, 7) is 9.35. The first-order valence-corrected chi connectivity index (χ1v) is 7.40. The van der Waals surface area contributed by atoms with E-state index in [-0.39, 0.29) is 10.8 Å². The number of allylic oxidation sites excluding steroid dienone is 1. The SMILES string of the molecule is CC1(C)C=C2c3ccccc3C(C)(C)c3cccc1c32. The van der Waals surface area contributed by atoms with Gasteiger partial charge in [0.15, 0.2) is 0 Å². The van der Waals surface area contributed by atoms with Gasteiger partial charge < -0.3 is 0 Å². The molecule has 0 saturated carbocycles. The third-order valence-corrected chi connectivity index (χ3v) is 5.10. The standard InChI is InChI=1S/C20H20/c1-19(2)12-14-13-8-5-6-9-15(13)20(3,4)17-11-7-10-16(19)18(14)17/h5-12H,1-4H3. The van der Waals surface area contributed by atoms with Crippen LogP contribution in [0.3, 0.4) is 0 Å². The van der Waals surface area contributed by atoms with Crippen LogP contribution in [0.2, 0.25) is 0 Å². The molecule has 20 heavy (non-hydrogen) atoms. The summed E-state index contributed by atoms with van der Waals surface area (Å²) in [5.74, 6) is 0. The maximum atomic E-state index is 2.45. The Morgan fingerprint density at radius 1 is 0.700 bits per heavy atom. The minimum Gasteiger partial charge on any atom is -0.0660 e. The molecule has 4 rings (SSSR count). The average molecular weight is 260 g/mol. The fourth-order valence-corrected chi connectivity index (χ4v) is 4.03. The van der Waals surface area contributed by atoms with E-state index in [1.807, 2.05) is 0 Å². The molecule has 0 heteroatoms. The fraction of sp³-hybridized carbons (Fsp3) is 0.300. The van der Waals surface area contributed by atoms with E-state index in [0.29, 0.717) is 0 Å². The van der Waals surface area contributed by atoms with E-state index in [0.717, 1.165) is 0 Å². The number of benzene rings is 2. The topological polar surface area (TPSA) is 0 Å². The van der Waals surface area contributed by atoms with Crippen molar-refractivity contribution in [2.24, 2.45) is 0 Å². The lowest BCUT2D eigenvalue weighted by molar-refractivity contribution is 0.626. The molecule has 2 aliphatic rings. The zero-order valence-electron chi connectivity index (χ0n) is 12.6. The van der Waals surface area contributed by atoms with Gasteiger partial charge in [-0.3, -0.25) is 0 Å². The molecule has 0 bridgehead atoms. The van der Waals surface area contributed by atoms with Gasteiger partial charge in [0.05, 0.1) is 0 Å². The molecule has 0 spiro atoms. The first kappa shape index (κ1) is 12.0. The van der Waals surface area contributed by atoms with Crippen molar-refractivity contribution in [3.05, 3.63) is 76.4 Å². The van der Waals surface area contributed by atoms with Gasteiger partial charge in [-0.1, -0.05) is 76.2 Å². The third kappa shape index (κ3) is 1.27. The highest BCUT2D eigenvalue weighted by atomic mass is 14.4. The molecule has 0 radical (unpaired) electrons. The lowest BCUT2D eigenvalue weighted by Gasteiger charge is -2.36. The van der Waals surface area contributed by atoms with Crippen LogP contribution < -0.4 is 0 Å². The van der Waals surface area contributed by atoms with Crippen LogP contribution in [0.25, 0.3) is 5.57 Å². The van der Waals surface area contributed by atoms with Crippen LogP contribution in [-0.2, 0) is 10.8 Å². The maximum Gasteiger partial charge on any atom is 0.0158 e. The van der Waals surface area contributed by atoms with Crippen molar-refractivity contribution in [2.45, 2.75) is 38.5 Å². The molecule has 0 unspecified atom stereocenters. The van der Waals surface area contributed by atoms with Crippen LogP contribution in [0.1, 0.15) is 55.5 Å². The maximum absolute atomic E-state index is 2.45. The zero-order valence-corrected chi connectivity index (χ0v) is 12.6. The molecule has 2 aromatic carbocycles. The van der Waals surface area contributed by atoms with Crippen molar-refractivity contribution < 1.29 is 0 Å². The van der Waals surface area contributed by atoms with Gasteiger partial charge in [-0.15, -0.1) is 0 Å². The molecule has 2 aromatic rings. The monoisotopic (exact) mass is 260 g/mol. The van der Waals surface area contributed by atoms with E-state index >= 15 is 0 Å². The first-order valence-electron chi connectivity index (χ1n) is 7.40. The summed E-state index contributed by atoms with van der Waals surface area (Å²) < 4.78 is 0. The molecule has 0 saturated heterocycles. The number of hydrogen-bond acceptors (Lipinski definition) is 0. The molecule has 0 heterocycles. The van der Waals surface area contributed by atoms with E-state index in [9.17, 15) is 0 Å². The highest BCUT2D eigenvalue weighted by molar-refractivity contribution is 5.93. The lowest BCUT2D eigenvalue weighted by atomic mass is 9.67. The molecule has 2 aliphatic carbocycles. The molecule has 0 aromatic heterocycles. The first-order chi connectivity index (χ1) is 9.43. The molecule has 0 nitrogen and oxygen atoms in total. The Labute approximate surface area is 121 Å². The summed E-state index contributed by atoms with van der Waals surface area (Å²) in [7, 11) is 0. The van der Waals surface area contributed by atoms with Gasteiger partial charge in [0, 0.05) is 10.8 Å². The van der Waals surface area contributed by atoms with Gasteiger partial charge in [-0.2, -0.15) is 0 Å². The second-order valence-corrected chi connectivity index (χ2v) is 7.18. The van der Waals surface area contributed by atoms with Crippen LogP contribution in [0, 0.1) is 0 Å². The molecule has 0 amide bonds. The number of rotatable bonds is 0. The van der Waals surface area contributed by atoms with Gasteiger partial charge in [-0.25, -0.2) is 0 Å². The third-order valence-electron chi connectivity index (χ3n) is 5.10. The molecule has 100 valence electrons. The summed E-state index contributed by atoms with van der Waals surface area (Å²) in [4.78, 5) is 0. The van der Waals surface area contributed by atoms with Gasteiger partial charge >= 0.3 is 0 Å². The average Bonchev–Trinajstić information content (AvgIpc) is 2.70. The van der Waals surface area contributed by atoms with Gasteiger partial charge in [0.2, 0.25) is 0 Å². The molecular weight excluding hydrogens is 240 g/mol. The van der Waals surface area contributed by atoms with Crippen molar-refractivity contribution in [3.8, 4) is 0 Å². The Bertz CT molecular complexity index is 757. The van der Waals surface area contributed by atoms with Crippen LogP contribution in [0.15, 0.2) is 48.5 Å². The summed E-state index contributed by atoms with van der Waals surface area (Å²) in [5, 5.41) is 0. The Kier molecular flexibility index (Phi) is 2.05. The quantitative estimate of drug-likeness (QED) is 0.622. The Morgan fingerprint density at radius 3 is 2.15 bits per heavy atom. The number of hydrogen-bond donors (Lipinski definition) is 0. The summed E-state index contributed by atoms with van der Waals surface area (Å²) in [6, 6.07) is 15.7. The van der Waals surface area contributed by atoms with Crippen molar-refractivity contribution in [1.82, 2.24) is 0 Å². The Hall–Kier alpha value is -1.82. The summed E-state index contributed by atoms with van der Waals surface area (Å²) in [6.07, 6.45) is 2.45. The highest BCUT2D eigenvalue weighted by Gasteiger charge is 2.41. The Morgan fingerprint density at radius 2 is 1.35 bits per heavy atom. The predicted molar refractivity (Wildman–Crippen MR) is 85.1 cm³/mol. The summed E-state index contributed by atoms with van der Waals surface area (Å²) >= 11 is 0. The van der Waals surface area contributed by atoms with Gasteiger partial charge in [-0.05, 0) is 33.4 Å². The van der Waals surface area contributed by atoms with Crippen molar-refractivity contribution >= 4 is 5.57 Å². The largest absolute Gasteiger partial charge is 0.0660 e. The van der Waals surface area contributed by atoms with E-state index < -0.39 is 0 Å². The van der Waals surface area contributed by atoms with Gasteiger partial charge in [0.1, 0.15) is 0 Å². The number of fused-ring (bicyclic) bond motifs is 2. The summed E-state index contributed by atoms with van der Waals surface area (Å²) in [5.41, 5.74) is 8.97. The van der Waals surface area contributed by atoms with Crippen LogP contribution in [0.5, 0.6) is 0 Å². The molecule has 0 aliphatic heterocycles. The minimum absolute atomic E-state index is 0.0830. The predicted octanol–water partition coefficient (Wildman–Crippen LogP) is 5.05.